The number of nitrogens with zero attached hydrogens (tertiary/aromatic N) is 2. The third-order valence-corrected chi connectivity index (χ3v) is 8.78. The van der Waals surface area contributed by atoms with Crippen molar-refractivity contribution in [3.8, 4) is 0 Å². The van der Waals surface area contributed by atoms with E-state index in [0.717, 1.165) is 18.2 Å². The third kappa shape index (κ3) is 6.57. The number of nitrogens with one attached hydrogen (secondary N) is 1. The van der Waals surface area contributed by atoms with Crippen LogP contribution in [-0.4, -0.2) is 67.4 Å². The minimum absolute atomic E-state index is 0.0213. The first kappa shape index (κ1) is 29.2. The lowest BCUT2D eigenvalue weighted by atomic mass is 9.96. The number of alkyl halides is 3. The van der Waals surface area contributed by atoms with Crippen LogP contribution in [0.3, 0.4) is 0 Å². The summed E-state index contributed by atoms with van der Waals surface area (Å²) in [6, 6.07) is 2.64. The lowest BCUT2D eigenvalue weighted by Crippen LogP contribution is -2.54. The average molecular weight is 548 g/mol. The highest BCUT2D eigenvalue weighted by Gasteiger charge is 2.48. The number of hydrogen-bond donors (Lipinski definition) is 1. The first-order valence-corrected chi connectivity index (χ1v) is 13.8. The maximum absolute atomic E-state index is 13.3. The number of benzene rings is 1. The van der Waals surface area contributed by atoms with E-state index in [1.54, 1.807) is 20.8 Å². The van der Waals surface area contributed by atoms with Crippen molar-refractivity contribution in [1.29, 1.82) is 0 Å². The number of carbonyl (C=O) groups excluding carboxylic acids is 2. The quantitative estimate of drug-likeness (QED) is 0.578. The van der Waals surface area contributed by atoms with Crippen LogP contribution in [0.1, 0.15) is 53.0 Å². The molecule has 1 aromatic carbocycles. The Labute approximate surface area is 216 Å². The van der Waals surface area contributed by atoms with E-state index in [1.165, 1.54) is 16.3 Å². The smallest absolute Gasteiger partial charge is 0.416 e. The summed E-state index contributed by atoms with van der Waals surface area (Å²) >= 11 is 0. The molecular weight excluding hydrogens is 511 g/mol. The summed E-state index contributed by atoms with van der Waals surface area (Å²) < 4.78 is 72.3. The monoisotopic (exact) mass is 547 g/mol. The molecule has 1 N–H and O–H groups in total. The summed E-state index contributed by atoms with van der Waals surface area (Å²) in [5, 5.41) is 3.01. The fourth-order valence-corrected chi connectivity index (χ4v) is 6.80. The van der Waals surface area contributed by atoms with Gasteiger partial charge in [0.15, 0.2) is 0 Å². The average Bonchev–Trinajstić information content (AvgIpc) is 3.34. The molecule has 1 heterocycles. The van der Waals surface area contributed by atoms with Gasteiger partial charge in [-0.15, -0.1) is 0 Å². The number of rotatable bonds is 6. The summed E-state index contributed by atoms with van der Waals surface area (Å²) in [7, 11) is -2.63. The van der Waals surface area contributed by atoms with E-state index in [1.807, 2.05) is 13.8 Å². The van der Waals surface area contributed by atoms with Crippen LogP contribution < -0.4 is 5.32 Å². The molecule has 2 aliphatic rings. The van der Waals surface area contributed by atoms with Crippen LogP contribution in [-0.2, 0) is 25.7 Å². The van der Waals surface area contributed by atoms with Gasteiger partial charge >= 0.3 is 12.3 Å². The van der Waals surface area contributed by atoms with Crippen molar-refractivity contribution in [2.24, 2.45) is 17.8 Å². The molecule has 1 aliphatic heterocycles. The molecule has 0 aromatic heterocycles. The van der Waals surface area contributed by atoms with E-state index < -0.39 is 44.4 Å². The Morgan fingerprint density at radius 1 is 1.14 bits per heavy atom. The maximum Gasteiger partial charge on any atom is 0.416 e. The SMILES string of the molecule is CC(C)C(C(=O)N[C@@H]1CC[C@H]2CN(S(=O)(=O)c3cccc(C(F)(F)F)c3)C[C@H]21)N(C)C(=O)OC(C)(C)C. The Morgan fingerprint density at radius 3 is 2.35 bits per heavy atom. The fraction of sp³-hybridized carbons (Fsp3) is 0.680. The van der Waals surface area contributed by atoms with Gasteiger partial charge in [0.1, 0.15) is 11.6 Å². The lowest BCUT2D eigenvalue weighted by Gasteiger charge is -2.33. The van der Waals surface area contributed by atoms with E-state index in [0.29, 0.717) is 18.9 Å². The predicted octanol–water partition coefficient (Wildman–Crippen LogP) is 4.11. The summed E-state index contributed by atoms with van der Waals surface area (Å²) in [5.41, 5.74) is -1.74. The van der Waals surface area contributed by atoms with Crippen molar-refractivity contribution in [2.45, 2.75) is 76.2 Å². The number of amides is 2. The van der Waals surface area contributed by atoms with Gasteiger partial charge in [-0.2, -0.15) is 17.5 Å². The molecule has 208 valence electrons. The summed E-state index contributed by atoms with van der Waals surface area (Å²) in [4.78, 5) is 26.7. The maximum atomic E-state index is 13.3. The molecule has 1 aromatic rings. The third-order valence-electron chi connectivity index (χ3n) is 6.95. The molecule has 0 radical (unpaired) electrons. The van der Waals surface area contributed by atoms with Gasteiger partial charge in [-0.25, -0.2) is 13.2 Å². The summed E-state index contributed by atoms with van der Waals surface area (Å²) in [6.45, 7) is 9.13. The Bertz CT molecular complexity index is 1120. The molecule has 3 rings (SSSR count). The first-order chi connectivity index (χ1) is 16.9. The molecule has 1 saturated heterocycles. The number of fused-ring (bicyclic) bond motifs is 1. The Morgan fingerprint density at radius 2 is 1.78 bits per heavy atom. The Hall–Kier alpha value is -2.34. The minimum Gasteiger partial charge on any atom is -0.444 e. The van der Waals surface area contributed by atoms with E-state index in [4.69, 9.17) is 4.74 Å². The standard InChI is InChI=1S/C25H36F3N3O5S/c1-15(2)21(30(6)23(33)36-24(3,4)5)22(32)29-20-11-10-16-13-31(14-19(16)20)37(34,35)18-9-7-8-17(12-18)25(26,27)28/h7-9,12,15-16,19-21H,10-11,13-14H2,1-6H3,(H,29,32)/t16-,19+,20+,21?/m0/s1. The molecule has 1 saturated carbocycles. The molecule has 1 aliphatic carbocycles. The predicted molar refractivity (Wildman–Crippen MR) is 131 cm³/mol. The largest absolute Gasteiger partial charge is 0.444 e. The summed E-state index contributed by atoms with van der Waals surface area (Å²) in [5.74, 6) is -0.764. The van der Waals surface area contributed by atoms with E-state index in [2.05, 4.69) is 5.32 Å². The van der Waals surface area contributed by atoms with Crippen molar-refractivity contribution < 1.29 is 35.9 Å². The molecule has 12 heteroatoms. The lowest BCUT2D eigenvalue weighted by molar-refractivity contribution is -0.137. The number of hydrogen-bond acceptors (Lipinski definition) is 5. The van der Waals surface area contributed by atoms with Crippen molar-refractivity contribution in [3.05, 3.63) is 29.8 Å². The fourth-order valence-electron chi connectivity index (χ4n) is 5.22. The van der Waals surface area contributed by atoms with Crippen LogP contribution in [0.25, 0.3) is 0 Å². The van der Waals surface area contributed by atoms with Crippen molar-refractivity contribution in [1.82, 2.24) is 14.5 Å². The first-order valence-electron chi connectivity index (χ1n) is 12.4. The van der Waals surface area contributed by atoms with Crippen molar-refractivity contribution >= 4 is 22.0 Å². The number of sulfonamides is 1. The highest BCUT2D eigenvalue weighted by molar-refractivity contribution is 7.89. The zero-order chi connectivity index (χ0) is 27.9. The molecule has 0 bridgehead atoms. The van der Waals surface area contributed by atoms with Gasteiger partial charge < -0.3 is 10.1 Å². The van der Waals surface area contributed by atoms with Gasteiger partial charge in [-0.1, -0.05) is 19.9 Å². The number of likely N-dealkylation sites (N-methyl/N-ethyl adjacent to an activating group) is 1. The van der Waals surface area contributed by atoms with Crippen molar-refractivity contribution in [2.75, 3.05) is 20.1 Å². The highest BCUT2D eigenvalue weighted by Crippen LogP contribution is 2.41. The molecule has 0 spiro atoms. The number of carbonyl (C=O) groups is 2. The topological polar surface area (TPSA) is 96.0 Å². The number of ether oxygens (including phenoxy) is 1. The molecule has 2 fully saturated rings. The Kier molecular flexibility index (Phi) is 8.24. The summed E-state index contributed by atoms with van der Waals surface area (Å²) in [6.07, 6.45) is -3.94. The van der Waals surface area contributed by atoms with E-state index in [-0.39, 0.29) is 42.8 Å². The van der Waals surface area contributed by atoms with Crippen LogP contribution >= 0.6 is 0 Å². The van der Waals surface area contributed by atoms with E-state index in [9.17, 15) is 31.2 Å². The zero-order valence-corrected chi connectivity index (χ0v) is 22.8. The molecular formula is C25H36F3N3O5S. The van der Waals surface area contributed by atoms with Gasteiger partial charge in [-0.3, -0.25) is 9.69 Å². The zero-order valence-electron chi connectivity index (χ0n) is 22.0. The number of halogens is 3. The van der Waals surface area contributed by atoms with Gasteiger partial charge in [-0.05, 0) is 69.6 Å². The van der Waals surface area contributed by atoms with Crippen LogP contribution in [0.4, 0.5) is 18.0 Å². The van der Waals surface area contributed by atoms with Gasteiger partial charge in [0, 0.05) is 26.2 Å². The second-order valence-electron chi connectivity index (χ2n) is 11.2. The molecule has 2 amide bonds. The Balaban J connectivity index is 1.72. The van der Waals surface area contributed by atoms with Crippen LogP contribution in [0.5, 0.6) is 0 Å². The highest BCUT2D eigenvalue weighted by atomic mass is 32.2. The van der Waals surface area contributed by atoms with Gasteiger partial charge in [0.05, 0.1) is 10.5 Å². The van der Waals surface area contributed by atoms with Gasteiger partial charge in [0.2, 0.25) is 15.9 Å². The second-order valence-corrected chi connectivity index (χ2v) is 13.2. The van der Waals surface area contributed by atoms with Crippen LogP contribution in [0.2, 0.25) is 0 Å². The normalized spacial score (nSPS) is 23.6. The molecule has 8 nitrogen and oxygen atoms in total. The molecule has 1 unspecified atom stereocenters. The van der Waals surface area contributed by atoms with Crippen molar-refractivity contribution in [3.63, 3.8) is 0 Å². The second kappa shape index (κ2) is 10.4. The molecule has 4 atom stereocenters. The van der Waals surface area contributed by atoms with E-state index >= 15 is 0 Å². The van der Waals surface area contributed by atoms with Crippen LogP contribution in [0, 0.1) is 17.8 Å². The minimum atomic E-state index is -4.65. The van der Waals surface area contributed by atoms with Gasteiger partial charge in [0.25, 0.3) is 0 Å². The van der Waals surface area contributed by atoms with Crippen LogP contribution in [0.15, 0.2) is 29.2 Å². The molecule has 37 heavy (non-hydrogen) atoms.